The molecule has 3 heteroatoms. The lowest BCUT2D eigenvalue weighted by molar-refractivity contribution is 0.144. The third kappa shape index (κ3) is 2.99. The summed E-state index contributed by atoms with van der Waals surface area (Å²) in [5.41, 5.74) is 1.05. The molecule has 0 aromatic heterocycles. The predicted molar refractivity (Wildman–Crippen MR) is 53.2 cm³/mol. The van der Waals surface area contributed by atoms with Crippen LogP contribution in [-0.2, 0) is 4.74 Å². The van der Waals surface area contributed by atoms with E-state index in [-0.39, 0.29) is 12.5 Å². The summed E-state index contributed by atoms with van der Waals surface area (Å²) in [5, 5.41) is 9.77. The molecule has 0 radical (unpaired) electrons. The lowest BCUT2D eigenvalue weighted by Gasteiger charge is -2.12. The van der Waals surface area contributed by atoms with Crippen LogP contribution in [0.5, 0.6) is 0 Å². The molecule has 0 heterocycles. The van der Waals surface area contributed by atoms with Gasteiger partial charge in [-0.25, -0.2) is 0 Å². The number of methoxy groups -OCH3 is 1. The second-order valence-corrected chi connectivity index (χ2v) is 3.32. The van der Waals surface area contributed by atoms with Gasteiger partial charge < -0.3 is 9.84 Å². The molecule has 1 rings (SSSR count). The fourth-order valence-corrected chi connectivity index (χ4v) is 1.32. The molecular weight excluding hydrogens is 188 g/mol. The standard InChI is InChI=1S/C10H13ClO2/c1-13-7-9(6-12)8-2-4-10(11)5-3-8/h2-5,9,12H,6-7H2,1H3. The first-order valence-corrected chi connectivity index (χ1v) is 4.51. The van der Waals surface area contributed by atoms with E-state index in [0.717, 1.165) is 5.56 Å². The van der Waals surface area contributed by atoms with Crippen molar-refractivity contribution in [3.63, 3.8) is 0 Å². The van der Waals surface area contributed by atoms with Gasteiger partial charge in [-0.2, -0.15) is 0 Å². The third-order valence-corrected chi connectivity index (χ3v) is 2.18. The molecular formula is C10H13ClO2. The molecule has 0 fully saturated rings. The molecule has 1 aromatic carbocycles. The van der Waals surface area contributed by atoms with E-state index in [1.807, 2.05) is 24.3 Å². The Morgan fingerprint density at radius 1 is 1.38 bits per heavy atom. The molecule has 1 N–H and O–H groups in total. The Hall–Kier alpha value is -0.570. The largest absolute Gasteiger partial charge is 0.396 e. The Balaban J connectivity index is 2.73. The zero-order chi connectivity index (χ0) is 9.68. The lowest BCUT2D eigenvalue weighted by Crippen LogP contribution is -2.10. The predicted octanol–water partition coefficient (Wildman–Crippen LogP) is 2.06. The maximum Gasteiger partial charge on any atom is 0.0553 e. The first-order chi connectivity index (χ1) is 6.27. The van der Waals surface area contributed by atoms with E-state index in [9.17, 15) is 0 Å². The van der Waals surface area contributed by atoms with Gasteiger partial charge in [-0.05, 0) is 17.7 Å². The Morgan fingerprint density at radius 2 is 2.00 bits per heavy atom. The highest BCUT2D eigenvalue weighted by atomic mass is 35.5. The van der Waals surface area contributed by atoms with Crippen molar-refractivity contribution in [2.45, 2.75) is 5.92 Å². The second kappa shape index (κ2) is 5.22. The molecule has 0 aliphatic heterocycles. The molecule has 0 aliphatic rings. The van der Waals surface area contributed by atoms with Crippen LogP contribution < -0.4 is 0 Å². The Bertz CT molecular complexity index is 246. The van der Waals surface area contributed by atoms with Crippen LogP contribution in [0.4, 0.5) is 0 Å². The molecule has 1 unspecified atom stereocenters. The van der Waals surface area contributed by atoms with Crippen molar-refractivity contribution in [1.29, 1.82) is 0 Å². The van der Waals surface area contributed by atoms with Crippen LogP contribution in [0.25, 0.3) is 0 Å². The Labute approximate surface area is 83.1 Å². The van der Waals surface area contributed by atoms with Crippen LogP contribution in [0.15, 0.2) is 24.3 Å². The first-order valence-electron chi connectivity index (χ1n) is 4.13. The molecule has 2 nitrogen and oxygen atoms in total. The van der Waals surface area contributed by atoms with E-state index in [0.29, 0.717) is 11.6 Å². The molecule has 1 aromatic rings. The van der Waals surface area contributed by atoms with Crippen molar-refractivity contribution in [2.75, 3.05) is 20.3 Å². The van der Waals surface area contributed by atoms with Gasteiger partial charge in [0.25, 0.3) is 0 Å². The number of rotatable bonds is 4. The number of benzene rings is 1. The Morgan fingerprint density at radius 3 is 2.46 bits per heavy atom. The van der Waals surface area contributed by atoms with Crippen LogP contribution in [0.3, 0.4) is 0 Å². The van der Waals surface area contributed by atoms with Crippen molar-refractivity contribution in [3.8, 4) is 0 Å². The molecule has 0 bridgehead atoms. The van der Waals surface area contributed by atoms with Gasteiger partial charge in [-0.1, -0.05) is 23.7 Å². The van der Waals surface area contributed by atoms with E-state index in [2.05, 4.69) is 0 Å². The molecule has 0 amide bonds. The summed E-state index contributed by atoms with van der Waals surface area (Å²) in [5.74, 6) is 0.0438. The molecule has 1 atom stereocenters. The van der Waals surface area contributed by atoms with Crippen LogP contribution >= 0.6 is 11.6 Å². The van der Waals surface area contributed by atoms with Gasteiger partial charge in [0.2, 0.25) is 0 Å². The number of aliphatic hydroxyl groups is 1. The van der Waals surface area contributed by atoms with Gasteiger partial charge in [-0.15, -0.1) is 0 Å². The van der Waals surface area contributed by atoms with Gasteiger partial charge in [0.1, 0.15) is 0 Å². The summed E-state index contributed by atoms with van der Waals surface area (Å²) < 4.78 is 4.99. The summed E-state index contributed by atoms with van der Waals surface area (Å²) in [6.45, 7) is 0.619. The monoisotopic (exact) mass is 200 g/mol. The highest BCUT2D eigenvalue weighted by Gasteiger charge is 2.09. The van der Waals surface area contributed by atoms with E-state index in [4.69, 9.17) is 21.4 Å². The lowest BCUT2D eigenvalue weighted by atomic mass is 10.0. The fourth-order valence-electron chi connectivity index (χ4n) is 1.19. The number of ether oxygens (including phenoxy) is 1. The van der Waals surface area contributed by atoms with Crippen molar-refractivity contribution < 1.29 is 9.84 Å². The fraction of sp³-hybridized carbons (Fsp3) is 0.400. The maximum atomic E-state index is 9.07. The van der Waals surface area contributed by atoms with Gasteiger partial charge in [-0.3, -0.25) is 0 Å². The maximum absolute atomic E-state index is 9.07. The first kappa shape index (κ1) is 10.5. The van der Waals surface area contributed by atoms with Gasteiger partial charge in [0.05, 0.1) is 13.2 Å². The van der Waals surface area contributed by atoms with Gasteiger partial charge in [0, 0.05) is 18.1 Å². The van der Waals surface area contributed by atoms with E-state index >= 15 is 0 Å². The minimum absolute atomic E-state index is 0.0438. The van der Waals surface area contributed by atoms with Crippen LogP contribution in [0, 0.1) is 0 Å². The van der Waals surface area contributed by atoms with Crippen molar-refractivity contribution in [2.24, 2.45) is 0 Å². The molecule has 0 saturated carbocycles. The van der Waals surface area contributed by atoms with E-state index < -0.39 is 0 Å². The van der Waals surface area contributed by atoms with Crippen LogP contribution in [0.2, 0.25) is 5.02 Å². The van der Waals surface area contributed by atoms with Crippen molar-refractivity contribution in [1.82, 2.24) is 0 Å². The van der Waals surface area contributed by atoms with Crippen molar-refractivity contribution in [3.05, 3.63) is 34.9 Å². The van der Waals surface area contributed by atoms with E-state index in [1.165, 1.54) is 0 Å². The third-order valence-electron chi connectivity index (χ3n) is 1.93. The molecule has 72 valence electrons. The van der Waals surface area contributed by atoms with E-state index in [1.54, 1.807) is 7.11 Å². The molecule has 0 spiro atoms. The zero-order valence-electron chi connectivity index (χ0n) is 7.53. The molecule has 13 heavy (non-hydrogen) atoms. The normalized spacial score (nSPS) is 12.8. The number of aliphatic hydroxyl groups excluding tert-OH is 1. The highest BCUT2D eigenvalue weighted by molar-refractivity contribution is 6.30. The minimum Gasteiger partial charge on any atom is -0.396 e. The topological polar surface area (TPSA) is 29.5 Å². The highest BCUT2D eigenvalue weighted by Crippen LogP contribution is 2.18. The molecule has 0 aliphatic carbocycles. The van der Waals surface area contributed by atoms with Crippen LogP contribution in [0.1, 0.15) is 11.5 Å². The van der Waals surface area contributed by atoms with Gasteiger partial charge in [0.15, 0.2) is 0 Å². The number of hydrogen-bond donors (Lipinski definition) is 1. The number of halogens is 1. The van der Waals surface area contributed by atoms with Crippen molar-refractivity contribution >= 4 is 11.6 Å². The van der Waals surface area contributed by atoms with Gasteiger partial charge >= 0.3 is 0 Å². The average Bonchev–Trinajstić information content (AvgIpc) is 2.16. The summed E-state index contributed by atoms with van der Waals surface area (Å²) in [7, 11) is 1.62. The summed E-state index contributed by atoms with van der Waals surface area (Å²) >= 11 is 5.74. The quantitative estimate of drug-likeness (QED) is 0.807. The molecule has 0 saturated heterocycles. The second-order valence-electron chi connectivity index (χ2n) is 2.89. The zero-order valence-corrected chi connectivity index (χ0v) is 8.29. The summed E-state index contributed by atoms with van der Waals surface area (Å²) in [4.78, 5) is 0. The number of hydrogen-bond acceptors (Lipinski definition) is 2. The SMILES string of the molecule is COCC(CO)c1ccc(Cl)cc1. The Kier molecular flexibility index (Phi) is 4.22. The summed E-state index contributed by atoms with van der Waals surface area (Å²) in [6.07, 6.45) is 0. The van der Waals surface area contributed by atoms with Crippen LogP contribution in [-0.4, -0.2) is 25.4 Å². The smallest absolute Gasteiger partial charge is 0.0553 e. The average molecular weight is 201 g/mol. The minimum atomic E-state index is 0.0438. The summed E-state index contributed by atoms with van der Waals surface area (Å²) in [6, 6.07) is 7.44.